The van der Waals surface area contributed by atoms with E-state index in [-0.39, 0.29) is 0 Å². The number of nitrogens with zero attached hydrogens (tertiary/aromatic N) is 3. The van der Waals surface area contributed by atoms with E-state index in [0.717, 1.165) is 11.3 Å². The lowest BCUT2D eigenvalue weighted by molar-refractivity contribution is 1.13. The molecule has 0 fully saturated rings. The summed E-state index contributed by atoms with van der Waals surface area (Å²) in [4.78, 5) is 6.21. The van der Waals surface area contributed by atoms with E-state index in [9.17, 15) is 0 Å². The van der Waals surface area contributed by atoms with Gasteiger partial charge in [-0.1, -0.05) is 23.9 Å². The summed E-state index contributed by atoms with van der Waals surface area (Å²) in [5.41, 5.74) is 2.19. The fourth-order valence-electron chi connectivity index (χ4n) is 1.13. The predicted molar refractivity (Wildman–Crippen MR) is 73.5 cm³/mol. The number of hydrazone groups is 1. The molecule has 2 N–H and O–H groups in total. The molecule has 0 radical (unpaired) electrons. The van der Waals surface area contributed by atoms with Crippen LogP contribution in [0.2, 0.25) is 0 Å². The van der Waals surface area contributed by atoms with E-state index in [0.29, 0.717) is 5.17 Å². The summed E-state index contributed by atoms with van der Waals surface area (Å²) in [5, 5.41) is 4.11. The lowest BCUT2D eigenvalue weighted by Crippen LogP contribution is -2.08. The quantitative estimate of drug-likeness (QED) is 0.368. The Labute approximate surface area is 100 Å². The maximum atomic E-state index is 5.16. The minimum absolute atomic E-state index is 0.566. The SMILES string of the molecule is CS/C(N=Cc1ccc(N(C)C)cc1)=N\N. The third kappa shape index (κ3) is 3.58. The van der Waals surface area contributed by atoms with Crippen LogP contribution < -0.4 is 10.7 Å². The molecule has 0 bridgehead atoms. The summed E-state index contributed by atoms with van der Waals surface area (Å²) in [5.74, 6) is 5.16. The van der Waals surface area contributed by atoms with Gasteiger partial charge in [0.05, 0.1) is 0 Å². The van der Waals surface area contributed by atoms with Crippen LogP contribution in [0.4, 0.5) is 5.69 Å². The number of rotatable bonds is 2. The van der Waals surface area contributed by atoms with Crippen LogP contribution in [0.25, 0.3) is 0 Å². The van der Waals surface area contributed by atoms with Gasteiger partial charge in [-0.15, -0.1) is 0 Å². The average Bonchev–Trinajstić information content (AvgIpc) is 2.31. The van der Waals surface area contributed by atoms with E-state index in [1.54, 1.807) is 6.21 Å². The lowest BCUT2D eigenvalue weighted by atomic mass is 10.2. The molecule has 0 amide bonds. The number of thioether (sulfide) groups is 1. The monoisotopic (exact) mass is 236 g/mol. The summed E-state index contributed by atoms with van der Waals surface area (Å²) in [7, 11) is 4.02. The second-order valence-corrected chi connectivity index (χ2v) is 4.13. The largest absolute Gasteiger partial charge is 0.378 e. The predicted octanol–water partition coefficient (Wildman–Crippen LogP) is 1.76. The first-order chi connectivity index (χ1) is 7.67. The van der Waals surface area contributed by atoms with E-state index in [2.05, 4.69) is 15.0 Å². The fourth-order valence-corrected chi connectivity index (χ4v) is 1.39. The molecule has 0 atom stereocenters. The maximum absolute atomic E-state index is 5.16. The maximum Gasteiger partial charge on any atom is 0.205 e. The zero-order valence-corrected chi connectivity index (χ0v) is 10.5. The van der Waals surface area contributed by atoms with Crippen molar-refractivity contribution in [1.82, 2.24) is 0 Å². The van der Waals surface area contributed by atoms with E-state index in [1.165, 1.54) is 11.8 Å². The molecule has 0 unspecified atom stereocenters. The Morgan fingerprint density at radius 1 is 1.31 bits per heavy atom. The third-order valence-electron chi connectivity index (χ3n) is 2.03. The van der Waals surface area contributed by atoms with Gasteiger partial charge in [-0.2, -0.15) is 5.10 Å². The first-order valence-electron chi connectivity index (χ1n) is 4.80. The van der Waals surface area contributed by atoms with E-state index in [1.807, 2.05) is 44.6 Å². The Kier molecular flexibility index (Phi) is 4.85. The van der Waals surface area contributed by atoms with Crippen LogP contribution >= 0.6 is 11.8 Å². The second kappa shape index (κ2) is 6.17. The Hall–Kier alpha value is -1.49. The minimum Gasteiger partial charge on any atom is -0.378 e. The Morgan fingerprint density at radius 2 is 1.94 bits per heavy atom. The third-order valence-corrected chi connectivity index (χ3v) is 2.60. The first-order valence-corrected chi connectivity index (χ1v) is 6.03. The molecular formula is C11H16N4S. The molecule has 0 aromatic heterocycles. The second-order valence-electron chi connectivity index (χ2n) is 3.36. The van der Waals surface area contributed by atoms with Crippen LogP contribution in [0, 0.1) is 0 Å². The number of aliphatic imine (C=N–C) groups is 1. The summed E-state index contributed by atoms with van der Waals surface area (Å²) in [6.07, 6.45) is 3.64. The van der Waals surface area contributed by atoms with Gasteiger partial charge in [-0.25, -0.2) is 4.99 Å². The van der Waals surface area contributed by atoms with Gasteiger partial charge >= 0.3 is 0 Å². The fraction of sp³-hybridized carbons (Fsp3) is 0.273. The normalized spacial score (nSPS) is 12.1. The van der Waals surface area contributed by atoms with Gasteiger partial charge in [0.25, 0.3) is 0 Å². The van der Waals surface area contributed by atoms with Gasteiger partial charge in [-0.3, -0.25) is 0 Å². The minimum atomic E-state index is 0.566. The summed E-state index contributed by atoms with van der Waals surface area (Å²) in [6.45, 7) is 0. The summed E-state index contributed by atoms with van der Waals surface area (Å²) < 4.78 is 0. The molecule has 0 saturated heterocycles. The van der Waals surface area contributed by atoms with Gasteiger partial charge in [0, 0.05) is 26.0 Å². The van der Waals surface area contributed by atoms with Crippen molar-refractivity contribution in [1.29, 1.82) is 0 Å². The van der Waals surface area contributed by atoms with E-state index in [4.69, 9.17) is 5.84 Å². The number of anilines is 1. The number of amidine groups is 1. The molecule has 0 aliphatic heterocycles. The molecule has 0 saturated carbocycles. The van der Waals surface area contributed by atoms with Crippen molar-refractivity contribution in [2.75, 3.05) is 25.3 Å². The lowest BCUT2D eigenvalue weighted by Gasteiger charge is -2.11. The molecule has 0 spiro atoms. The molecule has 4 nitrogen and oxygen atoms in total. The van der Waals surface area contributed by atoms with E-state index >= 15 is 0 Å². The zero-order chi connectivity index (χ0) is 12.0. The highest BCUT2D eigenvalue weighted by atomic mass is 32.2. The number of hydrogen-bond donors (Lipinski definition) is 1. The van der Waals surface area contributed by atoms with Crippen molar-refractivity contribution in [3.8, 4) is 0 Å². The van der Waals surface area contributed by atoms with Crippen LogP contribution in [0.1, 0.15) is 5.56 Å². The number of nitrogens with two attached hydrogens (primary N) is 1. The first kappa shape index (κ1) is 12.6. The smallest absolute Gasteiger partial charge is 0.205 e. The van der Waals surface area contributed by atoms with Crippen molar-refractivity contribution in [3.05, 3.63) is 29.8 Å². The highest BCUT2D eigenvalue weighted by Crippen LogP contribution is 2.11. The Morgan fingerprint density at radius 3 is 2.38 bits per heavy atom. The highest BCUT2D eigenvalue weighted by Gasteiger charge is 1.95. The van der Waals surface area contributed by atoms with Crippen molar-refractivity contribution < 1.29 is 0 Å². The number of benzene rings is 1. The topological polar surface area (TPSA) is 54.0 Å². The highest BCUT2D eigenvalue weighted by molar-refractivity contribution is 8.13. The van der Waals surface area contributed by atoms with Crippen LogP contribution in [0.5, 0.6) is 0 Å². The standard InChI is InChI=1S/C11H16N4S/c1-15(2)10-6-4-9(5-7-10)8-13-11(14-12)16-3/h4-8H,12H2,1-3H3/b13-8?,14-11-. The van der Waals surface area contributed by atoms with Gasteiger partial charge in [0.15, 0.2) is 0 Å². The van der Waals surface area contributed by atoms with Gasteiger partial charge in [0.1, 0.15) is 0 Å². The number of hydrogen-bond acceptors (Lipinski definition) is 4. The van der Waals surface area contributed by atoms with Crippen molar-refractivity contribution in [3.63, 3.8) is 0 Å². The Balaban J connectivity index is 2.76. The van der Waals surface area contributed by atoms with Gasteiger partial charge in [-0.05, 0) is 24.0 Å². The molecule has 1 aromatic carbocycles. The van der Waals surface area contributed by atoms with Crippen molar-refractivity contribution >= 4 is 28.8 Å². The average molecular weight is 236 g/mol. The Bertz CT molecular complexity index is 381. The summed E-state index contributed by atoms with van der Waals surface area (Å²) in [6, 6.07) is 8.10. The molecule has 86 valence electrons. The molecule has 5 heteroatoms. The molecule has 16 heavy (non-hydrogen) atoms. The summed E-state index contributed by atoms with van der Waals surface area (Å²) >= 11 is 1.42. The van der Waals surface area contributed by atoms with Crippen LogP contribution in [0.15, 0.2) is 34.4 Å². The van der Waals surface area contributed by atoms with Crippen LogP contribution in [-0.2, 0) is 0 Å². The van der Waals surface area contributed by atoms with Crippen molar-refractivity contribution in [2.24, 2.45) is 15.9 Å². The molecule has 0 aliphatic rings. The van der Waals surface area contributed by atoms with Crippen molar-refractivity contribution in [2.45, 2.75) is 0 Å². The van der Waals surface area contributed by atoms with Crippen LogP contribution in [-0.4, -0.2) is 31.7 Å². The van der Waals surface area contributed by atoms with Gasteiger partial charge < -0.3 is 10.7 Å². The zero-order valence-electron chi connectivity index (χ0n) is 9.71. The molecule has 0 aliphatic carbocycles. The molecule has 1 rings (SSSR count). The van der Waals surface area contributed by atoms with E-state index < -0.39 is 0 Å². The molecule has 0 heterocycles. The van der Waals surface area contributed by atoms with Crippen LogP contribution in [0.3, 0.4) is 0 Å². The molecular weight excluding hydrogens is 220 g/mol. The molecule has 1 aromatic rings. The van der Waals surface area contributed by atoms with Gasteiger partial charge in [0.2, 0.25) is 5.17 Å².